The summed E-state index contributed by atoms with van der Waals surface area (Å²) in [6, 6.07) is 4.44. The molecule has 0 radical (unpaired) electrons. The molecular formula is C21H24ClF3N4O3. The van der Waals surface area contributed by atoms with Gasteiger partial charge in [0.1, 0.15) is 12.4 Å². The second-order valence-electron chi connectivity index (χ2n) is 7.35. The molecule has 1 saturated heterocycles. The minimum absolute atomic E-state index is 0.0510. The topological polar surface area (TPSA) is 76.6 Å². The third-order valence-electron chi connectivity index (χ3n) is 5.12. The summed E-state index contributed by atoms with van der Waals surface area (Å²) in [5.74, 6) is 0.526. The van der Waals surface area contributed by atoms with Crippen LogP contribution in [0.25, 0.3) is 0 Å². The fraction of sp³-hybridized carbons (Fsp3) is 0.476. The van der Waals surface area contributed by atoms with Crippen molar-refractivity contribution in [3.8, 4) is 5.88 Å². The number of hydrogen-bond donors (Lipinski definition) is 1. The Morgan fingerprint density at radius 2 is 1.97 bits per heavy atom. The Hall–Kier alpha value is -2.59. The van der Waals surface area contributed by atoms with E-state index in [1.54, 1.807) is 24.3 Å². The maximum Gasteiger partial charge on any atom is 0.417 e. The molecule has 1 aliphatic rings. The maximum absolute atomic E-state index is 12.8. The zero-order valence-electron chi connectivity index (χ0n) is 17.5. The lowest BCUT2D eigenvalue weighted by Crippen LogP contribution is -2.40. The summed E-state index contributed by atoms with van der Waals surface area (Å²) in [5.41, 5.74) is -0.0415. The van der Waals surface area contributed by atoms with Gasteiger partial charge in [-0.25, -0.2) is 9.97 Å². The number of nitrogens with one attached hydrogen (secondary N) is 1. The molecule has 32 heavy (non-hydrogen) atoms. The molecule has 3 rings (SSSR count). The number of rotatable bonds is 8. The average Bonchev–Trinajstić information content (AvgIpc) is 2.78. The van der Waals surface area contributed by atoms with Crippen molar-refractivity contribution in [1.29, 1.82) is 0 Å². The molecule has 0 atom stereocenters. The highest BCUT2D eigenvalue weighted by Gasteiger charge is 2.33. The lowest BCUT2D eigenvalue weighted by molar-refractivity contribution is -0.137. The number of hydrogen-bond acceptors (Lipinski definition) is 6. The first kappa shape index (κ1) is 24.1. The van der Waals surface area contributed by atoms with E-state index in [4.69, 9.17) is 21.1 Å². The van der Waals surface area contributed by atoms with Crippen LogP contribution >= 0.6 is 11.6 Å². The SMILES string of the molecule is COCCOc1ccc(CNC(=O)C2CCN(c3ncc(C(F)(F)F)cc3Cl)CC2)cn1. The highest BCUT2D eigenvalue weighted by atomic mass is 35.5. The number of piperidine rings is 1. The largest absolute Gasteiger partial charge is 0.475 e. The first-order chi connectivity index (χ1) is 15.3. The third-order valence-corrected chi connectivity index (χ3v) is 5.39. The Morgan fingerprint density at radius 3 is 2.56 bits per heavy atom. The molecule has 3 heterocycles. The number of carbonyl (C=O) groups is 1. The minimum atomic E-state index is -4.49. The van der Waals surface area contributed by atoms with Gasteiger partial charge in [0, 0.05) is 51.1 Å². The molecule has 1 aliphatic heterocycles. The number of carbonyl (C=O) groups excluding carboxylic acids is 1. The van der Waals surface area contributed by atoms with E-state index in [-0.39, 0.29) is 16.8 Å². The number of amides is 1. The molecule has 0 aromatic carbocycles. The Bertz CT molecular complexity index is 904. The zero-order valence-corrected chi connectivity index (χ0v) is 18.2. The molecule has 174 valence electrons. The van der Waals surface area contributed by atoms with E-state index in [9.17, 15) is 18.0 Å². The molecule has 7 nitrogen and oxygen atoms in total. The molecule has 0 aliphatic carbocycles. The standard InChI is InChI=1S/C21H24ClF3N4O3/c1-31-8-9-32-18-3-2-14(11-26-18)12-28-20(30)15-4-6-29(7-5-15)19-17(22)10-16(13-27-19)21(23,24)25/h2-3,10-11,13,15H,4-9,12H2,1H3,(H,28,30). The summed E-state index contributed by atoms with van der Waals surface area (Å²) < 4.78 is 48.7. The molecule has 0 spiro atoms. The van der Waals surface area contributed by atoms with E-state index in [0.717, 1.165) is 17.8 Å². The number of alkyl halides is 3. The van der Waals surface area contributed by atoms with Gasteiger partial charge in [0.15, 0.2) is 0 Å². The van der Waals surface area contributed by atoms with E-state index in [1.165, 1.54) is 0 Å². The Labute approximate surface area is 188 Å². The fourth-order valence-electron chi connectivity index (χ4n) is 3.34. The van der Waals surface area contributed by atoms with Gasteiger partial charge in [-0.2, -0.15) is 13.2 Å². The second-order valence-corrected chi connectivity index (χ2v) is 7.76. The zero-order chi connectivity index (χ0) is 23.1. The molecular weight excluding hydrogens is 449 g/mol. The van der Waals surface area contributed by atoms with Crippen molar-refractivity contribution in [1.82, 2.24) is 15.3 Å². The van der Waals surface area contributed by atoms with Crippen LogP contribution in [0.3, 0.4) is 0 Å². The number of methoxy groups -OCH3 is 1. The summed E-state index contributed by atoms with van der Waals surface area (Å²) in [4.78, 5) is 22.4. The van der Waals surface area contributed by atoms with Crippen LogP contribution in [-0.2, 0) is 22.3 Å². The smallest absolute Gasteiger partial charge is 0.417 e. The molecule has 0 unspecified atom stereocenters. The van der Waals surface area contributed by atoms with E-state index in [1.807, 2.05) is 6.07 Å². The first-order valence-corrected chi connectivity index (χ1v) is 10.5. The van der Waals surface area contributed by atoms with Gasteiger partial charge in [-0.3, -0.25) is 4.79 Å². The number of nitrogens with zero attached hydrogens (tertiary/aromatic N) is 3. The van der Waals surface area contributed by atoms with Crippen molar-refractivity contribution in [3.63, 3.8) is 0 Å². The van der Waals surface area contributed by atoms with Gasteiger partial charge in [0.05, 0.1) is 17.2 Å². The number of pyridine rings is 2. The summed E-state index contributed by atoms with van der Waals surface area (Å²) >= 11 is 6.03. The van der Waals surface area contributed by atoms with Crippen LogP contribution in [0.4, 0.5) is 19.0 Å². The van der Waals surface area contributed by atoms with Gasteiger partial charge in [0.25, 0.3) is 0 Å². The van der Waals surface area contributed by atoms with Gasteiger partial charge >= 0.3 is 6.18 Å². The van der Waals surface area contributed by atoms with Gasteiger partial charge in [-0.05, 0) is 24.5 Å². The van der Waals surface area contributed by atoms with Crippen molar-refractivity contribution >= 4 is 23.3 Å². The third kappa shape index (κ3) is 6.46. The van der Waals surface area contributed by atoms with Crippen LogP contribution in [0.5, 0.6) is 5.88 Å². The summed E-state index contributed by atoms with van der Waals surface area (Å²) in [5, 5.41) is 2.85. The average molecular weight is 473 g/mol. The molecule has 1 amide bonds. The van der Waals surface area contributed by atoms with Gasteiger partial charge in [0.2, 0.25) is 11.8 Å². The molecule has 2 aromatic heterocycles. The minimum Gasteiger partial charge on any atom is -0.475 e. The summed E-state index contributed by atoms with van der Waals surface area (Å²) in [6.07, 6.45) is -0.969. The fourth-order valence-corrected chi connectivity index (χ4v) is 3.62. The first-order valence-electron chi connectivity index (χ1n) is 10.1. The highest BCUT2D eigenvalue weighted by molar-refractivity contribution is 6.33. The molecule has 11 heteroatoms. The molecule has 2 aromatic rings. The van der Waals surface area contributed by atoms with Crippen LogP contribution in [0, 0.1) is 5.92 Å². The van der Waals surface area contributed by atoms with Gasteiger partial charge < -0.3 is 19.7 Å². The lowest BCUT2D eigenvalue weighted by atomic mass is 9.96. The number of anilines is 1. The number of aromatic nitrogens is 2. The summed E-state index contributed by atoms with van der Waals surface area (Å²) in [6.45, 7) is 2.18. The predicted molar refractivity (Wildman–Crippen MR) is 113 cm³/mol. The van der Waals surface area contributed by atoms with Gasteiger partial charge in [-0.15, -0.1) is 0 Å². The number of halogens is 4. The van der Waals surface area contributed by atoms with Crippen molar-refractivity contribution in [3.05, 3.63) is 46.7 Å². The molecule has 0 saturated carbocycles. The van der Waals surface area contributed by atoms with Crippen LogP contribution in [0.2, 0.25) is 5.02 Å². The predicted octanol–water partition coefficient (Wildman–Crippen LogP) is 3.71. The Kier molecular flexibility index (Phi) is 8.14. The van der Waals surface area contributed by atoms with Crippen molar-refractivity contribution in [2.75, 3.05) is 38.3 Å². The number of ether oxygens (including phenoxy) is 2. The van der Waals surface area contributed by atoms with E-state index in [2.05, 4.69) is 15.3 Å². The van der Waals surface area contributed by atoms with Crippen LogP contribution in [0.15, 0.2) is 30.6 Å². The van der Waals surface area contributed by atoms with E-state index >= 15 is 0 Å². The maximum atomic E-state index is 12.8. The normalized spacial score (nSPS) is 15.0. The summed E-state index contributed by atoms with van der Waals surface area (Å²) in [7, 11) is 1.59. The van der Waals surface area contributed by atoms with E-state index < -0.39 is 11.7 Å². The molecule has 1 fully saturated rings. The van der Waals surface area contributed by atoms with Crippen molar-refractivity contribution < 1.29 is 27.4 Å². The molecule has 1 N–H and O–H groups in total. The van der Waals surface area contributed by atoms with Crippen LogP contribution < -0.4 is 15.0 Å². The van der Waals surface area contributed by atoms with Crippen molar-refractivity contribution in [2.45, 2.75) is 25.6 Å². The lowest BCUT2D eigenvalue weighted by Gasteiger charge is -2.32. The van der Waals surface area contributed by atoms with Crippen LogP contribution in [0.1, 0.15) is 24.0 Å². The quantitative estimate of drug-likeness (QED) is 0.590. The monoisotopic (exact) mass is 472 g/mol. The van der Waals surface area contributed by atoms with Crippen molar-refractivity contribution in [2.24, 2.45) is 5.92 Å². The van der Waals surface area contributed by atoms with E-state index in [0.29, 0.717) is 57.4 Å². The Balaban J connectivity index is 1.46. The molecule has 0 bridgehead atoms. The second kappa shape index (κ2) is 10.8. The highest BCUT2D eigenvalue weighted by Crippen LogP contribution is 2.34. The van der Waals surface area contributed by atoms with Crippen LogP contribution in [-0.4, -0.2) is 49.3 Å². The Morgan fingerprint density at radius 1 is 1.22 bits per heavy atom. The van der Waals surface area contributed by atoms with Gasteiger partial charge in [-0.1, -0.05) is 17.7 Å².